The first-order valence-corrected chi connectivity index (χ1v) is 10.9. The average molecular weight is 430 g/mol. The predicted octanol–water partition coefficient (Wildman–Crippen LogP) is 1.84. The molecule has 1 unspecified atom stereocenters. The summed E-state index contributed by atoms with van der Waals surface area (Å²) in [6.45, 7) is 1.27. The summed E-state index contributed by atoms with van der Waals surface area (Å²) in [4.78, 5) is 34.0. The lowest BCUT2D eigenvalue weighted by molar-refractivity contribution is -0.139. The van der Waals surface area contributed by atoms with Crippen molar-refractivity contribution in [3.05, 3.63) is 30.3 Å². The second-order valence-electron chi connectivity index (χ2n) is 6.32. The number of nitrogens with one attached hydrogen (secondary N) is 1. The van der Waals surface area contributed by atoms with Gasteiger partial charge in [0.2, 0.25) is 5.91 Å². The SMILES string of the molecule is CCCC[C@@H](O[P@@](=O)(CCC(N)C(=O)O)Oc1ccccc1)C(=O)NCC(=O)O. The summed E-state index contributed by atoms with van der Waals surface area (Å²) in [5, 5.41) is 19.9. The highest BCUT2D eigenvalue weighted by atomic mass is 31.2. The summed E-state index contributed by atoms with van der Waals surface area (Å²) in [5.41, 5.74) is 5.49. The fraction of sp³-hybridized carbons (Fsp3) is 0.500. The van der Waals surface area contributed by atoms with Gasteiger partial charge in [-0.15, -0.1) is 0 Å². The largest absolute Gasteiger partial charge is 0.480 e. The first-order valence-electron chi connectivity index (χ1n) is 9.17. The number of unbranched alkanes of at least 4 members (excludes halogenated alkanes) is 1. The van der Waals surface area contributed by atoms with Gasteiger partial charge in [-0.25, -0.2) is 4.57 Å². The third kappa shape index (κ3) is 9.56. The molecule has 0 saturated heterocycles. The van der Waals surface area contributed by atoms with E-state index in [4.69, 9.17) is 25.0 Å². The molecule has 3 atom stereocenters. The molecule has 1 rings (SSSR count). The highest BCUT2D eigenvalue weighted by Gasteiger charge is 2.34. The molecule has 29 heavy (non-hydrogen) atoms. The van der Waals surface area contributed by atoms with E-state index in [2.05, 4.69) is 5.32 Å². The molecule has 0 spiro atoms. The molecule has 10 nitrogen and oxygen atoms in total. The van der Waals surface area contributed by atoms with E-state index in [0.717, 1.165) is 6.42 Å². The van der Waals surface area contributed by atoms with E-state index in [1.165, 1.54) is 0 Å². The summed E-state index contributed by atoms with van der Waals surface area (Å²) < 4.78 is 24.4. The molecule has 0 heterocycles. The van der Waals surface area contributed by atoms with Gasteiger partial charge in [0.1, 0.15) is 24.4 Å². The van der Waals surface area contributed by atoms with Crippen molar-refractivity contribution in [1.82, 2.24) is 5.32 Å². The van der Waals surface area contributed by atoms with E-state index in [9.17, 15) is 18.9 Å². The Bertz CT molecular complexity index is 728. The van der Waals surface area contributed by atoms with Gasteiger partial charge in [0.05, 0.1) is 6.16 Å². The summed E-state index contributed by atoms with van der Waals surface area (Å²) in [6.07, 6.45) is -0.272. The maximum absolute atomic E-state index is 13.3. The molecular weight excluding hydrogens is 403 g/mol. The number of nitrogens with two attached hydrogens (primary N) is 1. The second-order valence-corrected chi connectivity index (χ2v) is 8.38. The highest BCUT2D eigenvalue weighted by molar-refractivity contribution is 7.54. The van der Waals surface area contributed by atoms with Crippen molar-refractivity contribution in [2.75, 3.05) is 12.7 Å². The number of carboxylic acids is 2. The molecule has 5 N–H and O–H groups in total. The van der Waals surface area contributed by atoms with E-state index in [1.807, 2.05) is 6.92 Å². The topological polar surface area (TPSA) is 165 Å². The predicted molar refractivity (Wildman–Crippen MR) is 105 cm³/mol. The van der Waals surface area contributed by atoms with E-state index in [0.29, 0.717) is 6.42 Å². The molecule has 0 radical (unpaired) electrons. The number of amides is 1. The molecule has 11 heteroatoms. The Kier molecular flexibility index (Phi) is 10.4. The van der Waals surface area contributed by atoms with Crippen LogP contribution in [-0.4, -0.2) is 52.9 Å². The van der Waals surface area contributed by atoms with Crippen LogP contribution in [0.15, 0.2) is 30.3 Å². The fourth-order valence-electron chi connectivity index (χ4n) is 2.27. The van der Waals surface area contributed by atoms with Gasteiger partial charge in [-0.1, -0.05) is 38.0 Å². The number of rotatable bonds is 14. The zero-order valence-corrected chi connectivity index (χ0v) is 17.0. The minimum atomic E-state index is -3.98. The van der Waals surface area contributed by atoms with E-state index >= 15 is 0 Å². The molecule has 0 saturated carbocycles. The van der Waals surface area contributed by atoms with E-state index in [1.54, 1.807) is 30.3 Å². The number of benzene rings is 1. The molecule has 1 amide bonds. The van der Waals surface area contributed by atoms with Crippen LogP contribution in [0.4, 0.5) is 0 Å². The smallest absolute Gasteiger partial charge is 0.380 e. The van der Waals surface area contributed by atoms with Crippen LogP contribution in [0, 0.1) is 0 Å². The van der Waals surface area contributed by atoms with Gasteiger partial charge in [0, 0.05) is 0 Å². The number of para-hydroxylation sites is 1. The first kappa shape index (κ1) is 24.6. The summed E-state index contributed by atoms with van der Waals surface area (Å²) in [5.74, 6) is -3.01. The fourth-order valence-corrected chi connectivity index (χ4v) is 4.14. The van der Waals surface area contributed by atoms with Gasteiger partial charge in [0.25, 0.3) is 0 Å². The second kappa shape index (κ2) is 12.2. The maximum Gasteiger partial charge on any atom is 0.380 e. The summed E-state index contributed by atoms with van der Waals surface area (Å²) in [6, 6.07) is 6.83. The van der Waals surface area contributed by atoms with Crippen molar-refractivity contribution in [3.8, 4) is 5.75 Å². The molecule has 0 fully saturated rings. The number of hydrogen-bond donors (Lipinski definition) is 4. The lowest BCUT2D eigenvalue weighted by Gasteiger charge is -2.25. The summed E-state index contributed by atoms with van der Waals surface area (Å²) in [7, 11) is -3.98. The normalized spacial score (nSPS) is 15.0. The molecule has 1 aromatic rings. The molecule has 162 valence electrons. The molecule has 1 aromatic carbocycles. The Morgan fingerprint density at radius 3 is 2.38 bits per heavy atom. The summed E-state index contributed by atoms with van der Waals surface area (Å²) >= 11 is 0. The van der Waals surface area contributed by atoms with Crippen molar-refractivity contribution in [2.45, 2.75) is 44.8 Å². The zero-order valence-electron chi connectivity index (χ0n) is 16.2. The van der Waals surface area contributed by atoms with Crippen molar-refractivity contribution in [3.63, 3.8) is 0 Å². The van der Waals surface area contributed by atoms with Crippen molar-refractivity contribution >= 4 is 25.4 Å². The Morgan fingerprint density at radius 2 is 1.83 bits per heavy atom. The Hall–Kier alpha value is -2.42. The van der Waals surface area contributed by atoms with Crippen molar-refractivity contribution < 1.29 is 38.2 Å². The van der Waals surface area contributed by atoms with E-state index in [-0.39, 0.29) is 24.8 Å². The Labute approximate surface area is 168 Å². The number of hydrogen-bond acceptors (Lipinski definition) is 7. The third-order valence-electron chi connectivity index (χ3n) is 3.83. The minimum Gasteiger partial charge on any atom is -0.480 e. The Balaban J connectivity index is 3.01. The highest BCUT2D eigenvalue weighted by Crippen LogP contribution is 2.50. The van der Waals surface area contributed by atoms with Crippen LogP contribution in [0.3, 0.4) is 0 Å². The van der Waals surface area contributed by atoms with Crippen LogP contribution in [0.1, 0.15) is 32.6 Å². The van der Waals surface area contributed by atoms with Crippen LogP contribution < -0.4 is 15.6 Å². The molecule has 0 aromatic heterocycles. The van der Waals surface area contributed by atoms with Gasteiger partial charge in [-0.05, 0) is 25.0 Å². The van der Waals surface area contributed by atoms with Gasteiger partial charge >= 0.3 is 19.5 Å². The molecule has 0 aliphatic heterocycles. The quantitative estimate of drug-likeness (QED) is 0.322. The third-order valence-corrected chi connectivity index (χ3v) is 5.70. The van der Waals surface area contributed by atoms with E-state index < -0.39 is 44.1 Å². The molecule has 0 aliphatic carbocycles. The monoisotopic (exact) mass is 430 g/mol. The van der Waals surface area contributed by atoms with Crippen molar-refractivity contribution in [1.29, 1.82) is 0 Å². The van der Waals surface area contributed by atoms with Gasteiger partial charge in [0.15, 0.2) is 0 Å². The van der Waals surface area contributed by atoms with Gasteiger partial charge in [-0.3, -0.25) is 18.9 Å². The lowest BCUT2D eigenvalue weighted by Crippen LogP contribution is -2.39. The zero-order chi connectivity index (χ0) is 21.9. The van der Waals surface area contributed by atoms with Crippen molar-refractivity contribution in [2.24, 2.45) is 5.73 Å². The maximum atomic E-state index is 13.3. The number of carbonyl (C=O) groups is 3. The molecule has 0 aliphatic rings. The average Bonchev–Trinajstić information content (AvgIpc) is 2.68. The first-order chi connectivity index (χ1) is 13.7. The van der Waals surface area contributed by atoms with Crippen LogP contribution in [0.2, 0.25) is 0 Å². The number of carbonyl (C=O) groups excluding carboxylic acids is 1. The molecule has 0 bridgehead atoms. The molecular formula is C18H27N2O8P. The van der Waals surface area contributed by atoms with Crippen LogP contribution in [-0.2, 0) is 23.5 Å². The van der Waals surface area contributed by atoms with Gasteiger partial charge < -0.3 is 25.8 Å². The Morgan fingerprint density at radius 1 is 1.17 bits per heavy atom. The standard InChI is InChI=1S/C18H27N2O8P/c1-2-3-9-15(17(23)20-12-16(21)22)28-29(26,11-10-14(19)18(24)25)27-13-7-5-4-6-8-13/h4-8,14-15H,2-3,9-12,19H2,1H3,(H,20,23)(H,21,22)(H,24,25)/t14?,15-,29-/m1/s1. The van der Waals surface area contributed by atoms with Crippen LogP contribution in [0.5, 0.6) is 5.75 Å². The van der Waals surface area contributed by atoms with Crippen LogP contribution in [0.25, 0.3) is 0 Å². The van der Waals surface area contributed by atoms with Gasteiger partial charge in [-0.2, -0.15) is 0 Å². The lowest BCUT2D eigenvalue weighted by atomic mass is 10.1. The van der Waals surface area contributed by atoms with Crippen LogP contribution >= 0.6 is 7.60 Å². The number of aliphatic carboxylic acids is 2. The number of carboxylic acid groups (broad SMARTS) is 2. The minimum absolute atomic E-state index is 0.190.